The summed E-state index contributed by atoms with van der Waals surface area (Å²) < 4.78 is 13.3. The van der Waals surface area contributed by atoms with Crippen molar-refractivity contribution in [1.82, 2.24) is 9.78 Å². The second-order valence-corrected chi connectivity index (χ2v) is 7.61. The number of rotatable bonds is 3. The van der Waals surface area contributed by atoms with Crippen molar-refractivity contribution in [3.63, 3.8) is 0 Å². The molecule has 0 aromatic carbocycles. The van der Waals surface area contributed by atoms with E-state index in [1.807, 2.05) is 12.4 Å². The first-order valence-electron chi connectivity index (χ1n) is 4.45. The Morgan fingerprint density at radius 3 is 2.54 bits per heavy atom. The van der Waals surface area contributed by atoms with Gasteiger partial charge in [-0.1, -0.05) is 13.8 Å². The predicted octanol–water partition coefficient (Wildman–Crippen LogP) is 2.59. The Balaban J connectivity index is 2.75. The SMILES string of the molecule is CC(C)c1cnn(CP(C)(C)=O)c1. The summed E-state index contributed by atoms with van der Waals surface area (Å²) in [6, 6.07) is 0. The Kier molecular flexibility index (Phi) is 2.97. The van der Waals surface area contributed by atoms with E-state index in [-0.39, 0.29) is 0 Å². The number of nitrogens with zero attached hydrogens (tertiary/aromatic N) is 2. The summed E-state index contributed by atoms with van der Waals surface area (Å²) in [6.45, 7) is 7.81. The van der Waals surface area contributed by atoms with E-state index in [1.54, 1.807) is 18.0 Å². The van der Waals surface area contributed by atoms with Crippen molar-refractivity contribution in [2.24, 2.45) is 0 Å². The molecule has 13 heavy (non-hydrogen) atoms. The van der Waals surface area contributed by atoms with Crippen molar-refractivity contribution in [2.75, 3.05) is 13.3 Å². The molecule has 0 aliphatic carbocycles. The predicted molar refractivity (Wildman–Crippen MR) is 55.8 cm³/mol. The summed E-state index contributed by atoms with van der Waals surface area (Å²) in [5.74, 6) is 0.488. The molecule has 1 aromatic heterocycles. The van der Waals surface area contributed by atoms with Crippen LogP contribution in [0.4, 0.5) is 0 Å². The average Bonchev–Trinajstić information content (AvgIpc) is 2.31. The van der Waals surface area contributed by atoms with Crippen molar-refractivity contribution in [2.45, 2.75) is 26.1 Å². The molecule has 0 spiro atoms. The molecule has 0 radical (unpaired) electrons. The van der Waals surface area contributed by atoms with Gasteiger partial charge in [-0.2, -0.15) is 5.10 Å². The zero-order chi connectivity index (χ0) is 10.1. The second-order valence-electron chi connectivity index (χ2n) is 4.18. The zero-order valence-electron chi connectivity index (χ0n) is 8.69. The topological polar surface area (TPSA) is 34.9 Å². The van der Waals surface area contributed by atoms with Gasteiger partial charge in [0, 0.05) is 6.20 Å². The quantitative estimate of drug-likeness (QED) is 0.703. The van der Waals surface area contributed by atoms with Crippen LogP contribution in [0.15, 0.2) is 12.4 Å². The molecule has 74 valence electrons. The largest absolute Gasteiger partial charge is 0.322 e. The van der Waals surface area contributed by atoms with Gasteiger partial charge in [0.15, 0.2) is 0 Å². The van der Waals surface area contributed by atoms with Gasteiger partial charge in [0.25, 0.3) is 0 Å². The maximum Gasteiger partial charge on any atom is 0.102 e. The molecule has 3 nitrogen and oxygen atoms in total. The molecule has 1 heterocycles. The van der Waals surface area contributed by atoms with E-state index in [0.29, 0.717) is 12.2 Å². The lowest BCUT2D eigenvalue weighted by Gasteiger charge is -2.05. The molecule has 0 atom stereocenters. The molecule has 1 aromatic rings. The molecule has 0 amide bonds. The Morgan fingerprint density at radius 1 is 1.54 bits per heavy atom. The molecule has 0 saturated carbocycles. The van der Waals surface area contributed by atoms with Crippen LogP contribution in [0.2, 0.25) is 0 Å². The monoisotopic (exact) mass is 200 g/mol. The minimum absolute atomic E-state index is 0.488. The zero-order valence-corrected chi connectivity index (χ0v) is 9.58. The molecule has 0 aliphatic rings. The van der Waals surface area contributed by atoms with E-state index in [9.17, 15) is 4.57 Å². The minimum atomic E-state index is -2.00. The van der Waals surface area contributed by atoms with Crippen LogP contribution in [0, 0.1) is 0 Å². The third kappa shape index (κ3) is 3.35. The van der Waals surface area contributed by atoms with E-state index in [1.165, 1.54) is 5.56 Å². The van der Waals surface area contributed by atoms with Crippen LogP contribution in [0.5, 0.6) is 0 Å². The fourth-order valence-electron chi connectivity index (χ4n) is 1.10. The molecule has 4 heteroatoms. The third-order valence-corrected chi connectivity index (χ3v) is 2.78. The first kappa shape index (κ1) is 10.5. The summed E-state index contributed by atoms with van der Waals surface area (Å²) in [7, 11) is -2.00. The Hall–Kier alpha value is -0.560. The maximum atomic E-state index is 11.5. The van der Waals surface area contributed by atoms with Crippen molar-refractivity contribution in [3.05, 3.63) is 18.0 Å². The lowest BCUT2D eigenvalue weighted by molar-refractivity contribution is 0.569. The van der Waals surface area contributed by atoms with Crippen LogP contribution in [0.25, 0.3) is 0 Å². The second kappa shape index (κ2) is 3.67. The van der Waals surface area contributed by atoms with Gasteiger partial charge in [-0.3, -0.25) is 4.68 Å². The van der Waals surface area contributed by atoms with Crippen LogP contribution in [-0.2, 0) is 10.9 Å². The van der Waals surface area contributed by atoms with Gasteiger partial charge >= 0.3 is 0 Å². The molecule has 0 bridgehead atoms. The van der Waals surface area contributed by atoms with Crippen LogP contribution in [0.3, 0.4) is 0 Å². The summed E-state index contributed by atoms with van der Waals surface area (Å²) >= 11 is 0. The summed E-state index contributed by atoms with van der Waals surface area (Å²) in [5.41, 5.74) is 1.20. The van der Waals surface area contributed by atoms with Crippen molar-refractivity contribution in [3.8, 4) is 0 Å². The lowest BCUT2D eigenvalue weighted by atomic mass is 10.1. The van der Waals surface area contributed by atoms with Crippen LogP contribution < -0.4 is 0 Å². The first-order chi connectivity index (χ1) is 5.88. The highest BCUT2D eigenvalue weighted by Gasteiger charge is 2.09. The van der Waals surface area contributed by atoms with Crippen LogP contribution in [0.1, 0.15) is 25.3 Å². The van der Waals surface area contributed by atoms with E-state index in [0.717, 1.165) is 0 Å². The standard InChI is InChI=1S/C9H17N2OP/c1-8(2)9-5-10-11(6-9)7-13(3,4)12/h5-6,8H,7H2,1-4H3. The summed E-state index contributed by atoms with van der Waals surface area (Å²) in [5, 5.41) is 4.17. The van der Waals surface area contributed by atoms with Crippen molar-refractivity contribution >= 4 is 7.14 Å². The molecule has 1 rings (SSSR count). The Labute approximate surface area is 79.5 Å². The Bertz CT molecular complexity index is 324. The molecule has 0 N–H and O–H groups in total. The normalized spacial score (nSPS) is 12.4. The van der Waals surface area contributed by atoms with E-state index < -0.39 is 7.14 Å². The summed E-state index contributed by atoms with van der Waals surface area (Å²) in [6.07, 6.45) is 4.37. The van der Waals surface area contributed by atoms with Gasteiger partial charge in [0.1, 0.15) is 7.14 Å². The van der Waals surface area contributed by atoms with E-state index >= 15 is 0 Å². The lowest BCUT2D eigenvalue weighted by Crippen LogP contribution is -1.97. The maximum absolute atomic E-state index is 11.5. The molecule has 0 saturated heterocycles. The first-order valence-corrected chi connectivity index (χ1v) is 7.23. The van der Waals surface area contributed by atoms with Crippen LogP contribution in [-0.4, -0.2) is 23.1 Å². The fourth-order valence-corrected chi connectivity index (χ4v) is 1.96. The van der Waals surface area contributed by atoms with E-state index in [4.69, 9.17) is 0 Å². The smallest absolute Gasteiger partial charge is 0.102 e. The Morgan fingerprint density at radius 2 is 2.15 bits per heavy atom. The van der Waals surface area contributed by atoms with Gasteiger partial charge in [-0.05, 0) is 24.8 Å². The average molecular weight is 200 g/mol. The minimum Gasteiger partial charge on any atom is -0.322 e. The van der Waals surface area contributed by atoms with Gasteiger partial charge in [0.2, 0.25) is 0 Å². The van der Waals surface area contributed by atoms with Crippen molar-refractivity contribution < 1.29 is 4.57 Å². The third-order valence-electron chi connectivity index (χ3n) is 1.81. The molecule has 0 unspecified atom stereocenters. The molecule has 0 aliphatic heterocycles. The highest BCUT2D eigenvalue weighted by Crippen LogP contribution is 2.37. The molecule has 0 fully saturated rings. The summed E-state index contributed by atoms with van der Waals surface area (Å²) in [4.78, 5) is 0. The number of aromatic nitrogens is 2. The highest BCUT2D eigenvalue weighted by molar-refractivity contribution is 7.61. The number of hydrogen-bond donors (Lipinski definition) is 0. The van der Waals surface area contributed by atoms with E-state index in [2.05, 4.69) is 18.9 Å². The highest BCUT2D eigenvalue weighted by atomic mass is 31.2. The fraction of sp³-hybridized carbons (Fsp3) is 0.667. The van der Waals surface area contributed by atoms with Gasteiger partial charge in [-0.25, -0.2) is 0 Å². The van der Waals surface area contributed by atoms with Gasteiger partial charge in [-0.15, -0.1) is 0 Å². The molecular formula is C9H17N2OP. The van der Waals surface area contributed by atoms with Gasteiger partial charge in [0.05, 0.1) is 12.5 Å². The van der Waals surface area contributed by atoms with Crippen molar-refractivity contribution in [1.29, 1.82) is 0 Å². The number of hydrogen-bond acceptors (Lipinski definition) is 2. The van der Waals surface area contributed by atoms with Crippen LogP contribution >= 0.6 is 7.14 Å². The van der Waals surface area contributed by atoms with Gasteiger partial charge < -0.3 is 4.57 Å². The molecular weight excluding hydrogens is 183 g/mol.